The molecule has 6 rings (SSSR count). The molecule has 0 spiro atoms. The van der Waals surface area contributed by atoms with Gasteiger partial charge in [0, 0.05) is 46.9 Å². The van der Waals surface area contributed by atoms with E-state index in [0.29, 0.717) is 30.9 Å². The van der Waals surface area contributed by atoms with Gasteiger partial charge >= 0.3 is 0 Å². The number of benzene rings is 1. The molecule has 2 saturated heterocycles. The Labute approximate surface area is 142 Å². The van der Waals surface area contributed by atoms with Crippen LogP contribution in [0.1, 0.15) is 17.7 Å². The third-order valence-corrected chi connectivity index (χ3v) is 6.74. The van der Waals surface area contributed by atoms with E-state index >= 15 is 0 Å². The Morgan fingerprint density at radius 3 is 3.08 bits per heavy atom. The highest BCUT2D eigenvalue weighted by Crippen LogP contribution is 2.53. The largest absolute Gasteiger partial charge is 0.368 e. The van der Waals surface area contributed by atoms with Crippen LogP contribution in [-0.4, -0.2) is 47.5 Å². The van der Waals surface area contributed by atoms with Gasteiger partial charge in [-0.1, -0.05) is 24.3 Å². The zero-order valence-corrected chi connectivity index (χ0v) is 14.0. The molecule has 0 radical (unpaired) electrons. The number of ether oxygens (including phenoxy) is 1. The summed E-state index contributed by atoms with van der Waals surface area (Å²) >= 11 is 0. The molecule has 0 saturated carbocycles. The number of fused-ring (bicyclic) bond motifs is 2. The van der Waals surface area contributed by atoms with Crippen LogP contribution in [0.2, 0.25) is 0 Å². The van der Waals surface area contributed by atoms with E-state index in [2.05, 4.69) is 53.9 Å². The summed E-state index contributed by atoms with van der Waals surface area (Å²) in [5, 5.41) is 11.5. The Morgan fingerprint density at radius 1 is 1.42 bits per heavy atom. The summed E-state index contributed by atoms with van der Waals surface area (Å²) in [5.41, 5.74) is 3.81. The topological polar surface area (TPSA) is 48.5 Å². The van der Waals surface area contributed by atoms with Crippen molar-refractivity contribution in [2.24, 2.45) is 11.8 Å². The van der Waals surface area contributed by atoms with Crippen LogP contribution in [0.25, 0.3) is 10.9 Å². The first-order chi connectivity index (χ1) is 11.6. The van der Waals surface area contributed by atoms with Gasteiger partial charge in [0.2, 0.25) is 0 Å². The van der Waals surface area contributed by atoms with Gasteiger partial charge in [-0.05, 0) is 31.0 Å². The summed E-state index contributed by atoms with van der Waals surface area (Å²) in [5.74, 6) is 0.805. The molecule has 3 aliphatic heterocycles. The zero-order chi connectivity index (χ0) is 16.5. The van der Waals surface area contributed by atoms with E-state index in [-0.39, 0.29) is 5.41 Å². The lowest BCUT2D eigenvalue weighted by atomic mass is 9.62. The van der Waals surface area contributed by atoms with Crippen LogP contribution in [0.3, 0.4) is 0 Å². The molecule has 4 aliphatic rings. The molecule has 24 heavy (non-hydrogen) atoms. The fraction of sp³-hybridized carbons (Fsp3) is 0.500. The van der Waals surface area contributed by atoms with Crippen molar-refractivity contribution in [2.45, 2.75) is 30.6 Å². The van der Waals surface area contributed by atoms with Gasteiger partial charge in [-0.2, -0.15) is 0 Å². The average Bonchev–Trinajstić information content (AvgIpc) is 2.86. The number of nitrogens with zero attached hydrogens (tertiary/aromatic N) is 1. The van der Waals surface area contributed by atoms with Crippen molar-refractivity contribution in [2.75, 3.05) is 20.2 Å². The fourth-order valence-corrected chi connectivity index (χ4v) is 5.65. The predicted molar refractivity (Wildman–Crippen MR) is 93.9 cm³/mol. The molecule has 1 aromatic carbocycles. The smallest absolute Gasteiger partial charge is 0.154 e. The number of H-pyrrole nitrogens is 1. The maximum absolute atomic E-state index is 10.2. The molecule has 1 aliphatic carbocycles. The lowest BCUT2D eigenvalue weighted by Gasteiger charge is -2.54. The van der Waals surface area contributed by atoms with Crippen molar-refractivity contribution < 1.29 is 9.84 Å². The molecule has 5 atom stereocenters. The molecule has 126 valence electrons. The first-order valence-electron chi connectivity index (χ1n) is 8.87. The van der Waals surface area contributed by atoms with E-state index in [0.717, 1.165) is 13.0 Å². The molecule has 2 fully saturated rings. The summed E-state index contributed by atoms with van der Waals surface area (Å²) < 4.78 is 5.64. The van der Waals surface area contributed by atoms with Crippen LogP contribution >= 0.6 is 0 Å². The summed E-state index contributed by atoms with van der Waals surface area (Å²) in [7, 11) is 2.22. The van der Waals surface area contributed by atoms with E-state index in [1.54, 1.807) is 0 Å². The molecular formula is C20H24N2O2. The predicted octanol–water partition coefficient (Wildman–Crippen LogP) is 2.43. The number of hydrogen-bond acceptors (Lipinski definition) is 3. The van der Waals surface area contributed by atoms with E-state index in [1.807, 2.05) is 0 Å². The maximum Gasteiger partial charge on any atom is 0.154 e. The number of aromatic amines is 1. The van der Waals surface area contributed by atoms with Crippen molar-refractivity contribution in [1.29, 1.82) is 0 Å². The van der Waals surface area contributed by atoms with Gasteiger partial charge in [-0.25, -0.2) is 0 Å². The summed E-state index contributed by atoms with van der Waals surface area (Å²) in [6, 6.07) is 9.05. The molecule has 1 aromatic heterocycles. The van der Waals surface area contributed by atoms with Crippen LogP contribution < -0.4 is 0 Å². The van der Waals surface area contributed by atoms with Crippen molar-refractivity contribution in [3.05, 3.63) is 48.2 Å². The number of aliphatic hydroxyl groups excluding tert-OH is 1. The van der Waals surface area contributed by atoms with Crippen LogP contribution in [-0.2, 0) is 16.6 Å². The molecule has 4 nitrogen and oxygen atoms in total. The third kappa shape index (κ3) is 1.74. The van der Waals surface area contributed by atoms with Crippen molar-refractivity contribution >= 4 is 10.9 Å². The Kier molecular flexibility index (Phi) is 3.03. The van der Waals surface area contributed by atoms with Crippen molar-refractivity contribution in [1.82, 2.24) is 9.88 Å². The number of hydrogen-bond donors (Lipinski definition) is 2. The minimum atomic E-state index is -0.652. The normalized spacial score (nSPS) is 38.6. The standard InChI is InChI=1S/C20H24N2O2/c1-3-20-11-22(2)17(14-10-24-18(23)9-15(14)20)8-13-12-6-4-5-7-16(12)21-19(13)20/h3-7,14-15,17-18,21,23H,1,8-11H2,2H3. The first kappa shape index (κ1) is 14.7. The van der Waals surface area contributed by atoms with Crippen LogP contribution in [0.5, 0.6) is 0 Å². The van der Waals surface area contributed by atoms with Crippen molar-refractivity contribution in [3.8, 4) is 0 Å². The van der Waals surface area contributed by atoms with Gasteiger partial charge in [0.15, 0.2) is 6.29 Å². The van der Waals surface area contributed by atoms with Gasteiger partial charge < -0.3 is 19.7 Å². The summed E-state index contributed by atoms with van der Waals surface area (Å²) in [6.07, 6.45) is 3.21. The van der Waals surface area contributed by atoms with E-state index in [1.165, 1.54) is 22.2 Å². The van der Waals surface area contributed by atoms with E-state index < -0.39 is 6.29 Å². The van der Waals surface area contributed by atoms with Gasteiger partial charge in [0.1, 0.15) is 0 Å². The van der Waals surface area contributed by atoms with Gasteiger partial charge in [-0.3, -0.25) is 0 Å². The molecule has 5 unspecified atom stereocenters. The Morgan fingerprint density at radius 2 is 2.25 bits per heavy atom. The second kappa shape index (κ2) is 4.94. The first-order valence-corrected chi connectivity index (χ1v) is 8.87. The highest BCUT2D eigenvalue weighted by molar-refractivity contribution is 5.85. The molecule has 0 amide bonds. The van der Waals surface area contributed by atoms with Gasteiger partial charge in [0.05, 0.1) is 6.61 Å². The highest BCUT2D eigenvalue weighted by atomic mass is 16.6. The van der Waals surface area contributed by atoms with Crippen LogP contribution in [0, 0.1) is 11.8 Å². The van der Waals surface area contributed by atoms with E-state index in [9.17, 15) is 5.11 Å². The van der Waals surface area contributed by atoms with Crippen LogP contribution in [0.4, 0.5) is 0 Å². The lowest BCUT2D eigenvalue weighted by Crippen LogP contribution is -2.61. The SMILES string of the molecule is C=CC12CN(C)C(Cc3c1[nH]c1ccccc31)C1COC(O)CC12. The zero-order valence-electron chi connectivity index (χ0n) is 14.0. The van der Waals surface area contributed by atoms with Crippen LogP contribution in [0.15, 0.2) is 36.9 Å². The molecule has 4 heterocycles. The maximum atomic E-state index is 10.2. The quantitative estimate of drug-likeness (QED) is 0.792. The second-order valence-corrected chi connectivity index (χ2v) is 7.75. The minimum Gasteiger partial charge on any atom is -0.368 e. The number of para-hydroxylation sites is 1. The minimum absolute atomic E-state index is 0.147. The van der Waals surface area contributed by atoms with Gasteiger partial charge in [-0.15, -0.1) is 6.58 Å². The number of aliphatic hydroxyl groups is 1. The highest BCUT2D eigenvalue weighted by Gasteiger charge is 2.56. The molecule has 2 N–H and O–H groups in total. The number of piperidine rings is 1. The number of likely N-dealkylation sites (N-methyl/N-ethyl adjacent to an activating group) is 1. The molecule has 2 aromatic rings. The second-order valence-electron chi connectivity index (χ2n) is 7.75. The average molecular weight is 324 g/mol. The summed E-state index contributed by atoms with van der Waals surface area (Å²) in [4.78, 5) is 6.20. The Hall–Kier alpha value is -1.62. The number of nitrogens with one attached hydrogen (secondary N) is 1. The van der Waals surface area contributed by atoms with Crippen molar-refractivity contribution in [3.63, 3.8) is 0 Å². The number of aromatic nitrogens is 1. The monoisotopic (exact) mass is 324 g/mol. The number of rotatable bonds is 1. The lowest BCUT2D eigenvalue weighted by molar-refractivity contribution is -0.188. The summed E-state index contributed by atoms with van der Waals surface area (Å²) in [6.45, 7) is 5.83. The molecule has 4 heteroatoms. The Balaban J connectivity index is 1.78. The molecule has 2 bridgehead atoms. The van der Waals surface area contributed by atoms with Gasteiger partial charge in [0.25, 0.3) is 0 Å². The van der Waals surface area contributed by atoms with E-state index in [4.69, 9.17) is 4.74 Å². The fourth-order valence-electron chi connectivity index (χ4n) is 5.65. The molecular weight excluding hydrogens is 300 g/mol. The Bertz CT molecular complexity index is 813. The third-order valence-electron chi connectivity index (χ3n) is 6.74.